The van der Waals surface area contributed by atoms with Gasteiger partial charge in [0.15, 0.2) is 0 Å². The van der Waals surface area contributed by atoms with Gasteiger partial charge in [0, 0.05) is 18.3 Å². The highest BCUT2D eigenvalue weighted by Gasteiger charge is 2.35. The molecule has 0 aliphatic heterocycles. The zero-order valence-corrected chi connectivity index (χ0v) is 14.6. The minimum Gasteiger partial charge on any atom is -0.378 e. The fourth-order valence-corrected chi connectivity index (χ4v) is 4.34. The van der Waals surface area contributed by atoms with Crippen molar-refractivity contribution in [3.05, 3.63) is 47.9 Å². The molecule has 6 nitrogen and oxygen atoms in total. The van der Waals surface area contributed by atoms with Crippen molar-refractivity contribution in [2.45, 2.75) is 43.9 Å². The van der Waals surface area contributed by atoms with Crippen LogP contribution >= 0.6 is 0 Å². The van der Waals surface area contributed by atoms with Gasteiger partial charge in [-0.05, 0) is 31.4 Å². The van der Waals surface area contributed by atoms with Crippen LogP contribution in [0.5, 0.6) is 0 Å². The molecule has 0 bridgehead atoms. The van der Waals surface area contributed by atoms with Crippen LogP contribution in [0.3, 0.4) is 0 Å². The predicted octanol–water partition coefficient (Wildman–Crippen LogP) is 2.83. The summed E-state index contributed by atoms with van der Waals surface area (Å²) in [5.74, 6) is -0.163. The molecule has 0 amide bonds. The van der Waals surface area contributed by atoms with Gasteiger partial charge in [0.05, 0.1) is 11.2 Å². The van der Waals surface area contributed by atoms with Gasteiger partial charge in [-0.15, -0.1) is 0 Å². The highest BCUT2D eigenvalue weighted by atomic mass is 32.2. The Kier molecular flexibility index (Phi) is 4.91. The summed E-state index contributed by atoms with van der Waals surface area (Å²) in [6.45, 7) is 2.43. The van der Waals surface area contributed by atoms with Crippen molar-refractivity contribution >= 4 is 15.7 Å². The normalized spacial score (nSPS) is 17.0. The van der Waals surface area contributed by atoms with Gasteiger partial charge in [0.1, 0.15) is 12.0 Å². The SMILES string of the molecule is Cc1ccccc1NC1(CNS(=O)(=O)Cc2ccon2)CCCC1. The van der Waals surface area contributed by atoms with E-state index < -0.39 is 10.0 Å². The number of rotatable bonds is 7. The Morgan fingerprint density at radius 1 is 1.21 bits per heavy atom. The molecule has 0 radical (unpaired) electrons. The fourth-order valence-electron chi connectivity index (χ4n) is 3.20. The Hall–Kier alpha value is -1.86. The lowest BCUT2D eigenvalue weighted by molar-refractivity contribution is 0.413. The molecule has 0 saturated heterocycles. The molecule has 2 N–H and O–H groups in total. The Morgan fingerprint density at radius 3 is 2.62 bits per heavy atom. The van der Waals surface area contributed by atoms with E-state index in [0.29, 0.717) is 12.2 Å². The molecule has 1 fully saturated rings. The third-order valence-corrected chi connectivity index (χ3v) is 5.83. The standard InChI is InChI=1S/C17H23N3O3S/c1-14-6-2-3-7-16(14)19-17(9-4-5-10-17)13-18-24(21,22)12-15-8-11-23-20-15/h2-3,6-8,11,18-19H,4-5,9-10,12-13H2,1H3. The second-order valence-electron chi connectivity index (χ2n) is 6.50. The van der Waals surface area contributed by atoms with Crippen LogP contribution in [0.25, 0.3) is 0 Å². The van der Waals surface area contributed by atoms with E-state index in [1.54, 1.807) is 6.07 Å². The van der Waals surface area contributed by atoms with Crippen LogP contribution in [-0.2, 0) is 15.8 Å². The zero-order valence-electron chi connectivity index (χ0n) is 13.8. The fraction of sp³-hybridized carbons (Fsp3) is 0.471. The highest BCUT2D eigenvalue weighted by molar-refractivity contribution is 7.88. The number of sulfonamides is 1. The molecule has 1 aromatic heterocycles. The van der Waals surface area contributed by atoms with Crippen molar-refractivity contribution in [3.8, 4) is 0 Å². The van der Waals surface area contributed by atoms with E-state index in [2.05, 4.69) is 28.2 Å². The predicted molar refractivity (Wildman–Crippen MR) is 93.1 cm³/mol. The summed E-state index contributed by atoms with van der Waals surface area (Å²) in [7, 11) is -3.45. The maximum absolute atomic E-state index is 12.3. The first kappa shape index (κ1) is 17.0. The van der Waals surface area contributed by atoms with Crippen molar-refractivity contribution in [2.24, 2.45) is 0 Å². The van der Waals surface area contributed by atoms with Crippen LogP contribution < -0.4 is 10.0 Å². The Bertz CT molecular complexity index is 766. The quantitative estimate of drug-likeness (QED) is 0.803. The van der Waals surface area contributed by atoms with Crippen molar-refractivity contribution in [1.29, 1.82) is 0 Å². The van der Waals surface area contributed by atoms with Crippen LogP contribution in [0, 0.1) is 6.92 Å². The largest absolute Gasteiger partial charge is 0.378 e. The van der Waals surface area contributed by atoms with Gasteiger partial charge < -0.3 is 9.84 Å². The van der Waals surface area contributed by atoms with E-state index in [9.17, 15) is 8.42 Å². The summed E-state index contributed by atoms with van der Waals surface area (Å²) in [6, 6.07) is 9.66. The average Bonchev–Trinajstić information content (AvgIpc) is 3.20. The summed E-state index contributed by atoms with van der Waals surface area (Å²) in [5.41, 5.74) is 2.40. The van der Waals surface area contributed by atoms with E-state index >= 15 is 0 Å². The topological polar surface area (TPSA) is 84.2 Å². The molecule has 1 aliphatic carbocycles. The molecule has 24 heavy (non-hydrogen) atoms. The van der Waals surface area contributed by atoms with E-state index in [4.69, 9.17) is 4.52 Å². The Morgan fingerprint density at radius 2 is 1.96 bits per heavy atom. The van der Waals surface area contributed by atoms with E-state index in [-0.39, 0.29) is 11.3 Å². The second-order valence-corrected chi connectivity index (χ2v) is 8.31. The zero-order chi connectivity index (χ0) is 17.0. The van der Waals surface area contributed by atoms with Gasteiger partial charge in [-0.3, -0.25) is 0 Å². The first-order chi connectivity index (χ1) is 11.5. The molecular formula is C17H23N3O3S. The molecule has 2 aromatic rings. The van der Waals surface area contributed by atoms with Crippen LogP contribution in [0.1, 0.15) is 36.9 Å². The maximum Gasteiger partial charge on any atom is 0.217 e. The molecule has 0 atom stereocenters. The first-order valence-corrected chi connectivity index (χ1v) is 9.84. The lowest BCUT2D eigenvalue weighted by Gasteiger charge is -2.32. The molecular weight excluding hydrogens is 326 g/mol. The van der Waals surface area contributed by atoms with Gasteiger partial charge in [-0.1, -0.05) is 36.2 Å². The molecule has 1 saturated carbocycles. The van der Waals surface area contributed by atoms with E-state index in [1.165, 1.54) is 6.26 Å². The molecule has 0 spiro atoms. The number of aromatic nitrogens is 1. The second kappa shape index (κ2) is 6.94. The van der Waals surface area contributed by atoms with Gasteiger partial charge >= 0.3 is 0 Å². The minimum absolute atomic E-state index is 0.163. The monoisotopic (exact) mass is 349 g/mol. The van der Waals surface area contributed by atoms with Crippen molar-refractivity contribution in [2.75, 3.05) is 11.9 Å². The van der Waals surface area contributed by atoms with Gasteiger partial charge in [-0.25, -0.2) is 13.1 Å². The maximum atomic E-state index is 12.3. The molecule has 7 heteroatoms. The highest BCUT2D eigenvalue weighted by Crippen LogP contribution is 2.33. The molecule has 1 aliphatic rings. The Labute approximate surface area is 142 Å². The third kappa shape index (κ3) is 4.15. The molecule has 0 unspecified atom stereocenters. The van der Waals surface area contributed by atoms with Crippen LogP contribution in [-0.4, -0.2) is 25.7 Å². The molecule has 1 aromatic carbocycles. The number of benzene rings is 1. The number of para-hydroxylation sites is 1. The van der Waals surface area contributed by atoms with Crippen molar-refractivity contribution < 1.29 is 12.9 Å². The molecule has 3 rings (SSSR count). The van der Waals surface area contributed by atoms with Gasteiger partial charge in [0.2, 0.25) is 10.0 Å². The van der Waals surface area contributed by atoms with Crippen molar-refractivity contribution in [3.63, 3.8) is 0 Å². The lowest BCUT2D eigenvalue weighted by Crippen LogP contribution is -2.47. The number of anilines is 1. The van der Waals surface area contributed by atoms with E-state index in [0.717, 1.165) is 36.9 Å². The smallest absolute Gasteiger partial charge is 0.217 e. The lowest BCUT2D eigenvalue weighted by atomic mass is 9.96. The van der Waals surface area contributed by atoms with Crippen molar-refractivity contribution in [1.82, 2.24) is 9.88 Å². The van der Waals surface area contributed by atoms with E-state index in [1.807, 2.05) is 18.2 Å². The average molecular weight is 349 g/mol. The third-order valence-electron chi connectivity index (χ3n) is 4.57. The molecule has 1 heterocycles. The Balaban J connectivity index is 1.69. The minimum atomic E-state index is -3.45. The number of hydrogen-bond donors (Lipinski definition) is 2. The van der Waals surface area contributed by atoms with Gasteiger partial charge in [-0.2, -0.15) is 0 Å². The summed E-state index contributed by atoms with van der Waals surface area (Å²) < 4.78 is 32.0. The number of aryl methyl sites for hydroxylation is 1. The van der Waals surface area contributed by atoms with Gasteiger partial charge in [0.25, 0.3) is 0 Å². The first-order valence-electron chi connectivity index (χ1n) is 8.19. The van der Waals surface area contributed by atoms with Crippen LogP contribution in [0.2, 0.25) is 0 Å². The number of nitrogens with one attached hydrogen (secondary N) is 2. The van der Waals surface area contributed by atoms with Crippen LogP contribution in [0.4, 0.5) is 5.69 Å². The number of hydrogen-bond acceptors (Lipinski definition) is 5. The number of nitrogens with zero attached hydrogens (tertiary/aromatic N) is 1. The van der Waals surface area contributed by atoms with Crippen LogP contribution in [0.15, 0.2) is 41.1 Å². The summed E-state index contributed by atoms with van der Waals surface area (Å²) in [4.78, 5) is 0. The summed E-state index contributed by atoms with van der Waals surface area (Å²) in [6.07, 6.45) is 5.48. The molecule has 130 valence electrons. The summed E-state index contributed by atoms with van der Waals surface area (Å²) in [5, 5.41) is 7.26. The summed E-state index contributed by atoms with van der Waals surface area (Å²) >= 11 is 0.